The van der Waals surface area contributed by atoms with Gasteiger partial charge in [0.25, 0.3) is 0 Å². The molecule has 1 atom stereocenters. The fraction of sp³-hybridized carbons (Fsp3) is 0.684. The van der Waals surface area contributed by atoms with E-state index in [-0.39, 0.29) is 0 Å². The van der Waals surface area contributed by atoms with Gasteiger partial charge in [-0.1, -0.05) is 51.5 Å². The third kappa shape index (κ3) is 4.82. The van der Waals surface area contributed by atoms with E-state index in [9.17, 15) is 0 Å². The lowest BCUT2D eigenvalue weighted by Crippen LogP contribution is -2.43. The topological polar surface area (TPSA) is 29.3 Å². The summed E-state index contributed by atoms with van der Waals surface area (Å²) in [6.07, 6.45) is 2.37. The highest BCUT2D eigenvalue weighted by atomic mass is 15.2. The number of aryl methyl sites for hydroxylation is 2. The Hall–Kier alpha value is -0.860. The van der Waals surface area contributed by atoms with Crippen molar-refractivity contribution < 1.29 is 0 Å². The average molecular weight is 290 g/mol. The second kappa shape index (κ2) is 8.55. The van der Waals surface area contributed by atoms with Crippen molar-refractivity contribution in [3.8, 4) is 0 Å². The van der Waals surface area contributed by atoms with Gasteiger partial charge in [-0.25, -0.2) is 0 Å². The van der Waals surface area contributed by atoms with E-state index in [4.69, 9.17) is 5.73 Å². The van der Waals surface area contributed by atoms with Crippen molar-refractivity contribution in [2.24, 2.45) is 11.7 Å². The normalized spacial score (nSPS) is 13.4. The van der Waals surface area contributed by atoms with Crippen LogP contribution in [0.5, 0.6) is 0 Å². The second-order valence-corrected chi connectivity index (χ2v) is 6.67. The van der Waals surface area contributed by atoms with Crippen LogP contribution >= 0.6 is 0 Å². The molecule has 0 amide bonds. The van der Waals surface area contributed by atoms with E-state index in [2.05, 4.69) is 64.6 Å². The van der Waals surface area contributed by atoms with Crippen LogP contribution < -0.4 is 5.73 Å². The second-order valence-electron chi connectivity index (χ2n) is 6.67. The first-order valence-corrected chi connectivity index (χ1v) is 8.47. The zero-order chi connectivity index (χ0) is 16.0. The molecule has 0 aliphatic carbocycles. The Morgan fingerprint density at radius 1 is 1.10 bits per heavy atom. The van der Waals surface area contributed by atoms with Crippen molar-refractivity contribution in [1.29, 1.82) is 0 Å². The summed E-state index contributed by atoms with van der Waals surface area (Å²) in [5.74, 6) is 0.657. The zero-order valence-corrected chi connectivity index (χ0v) is 14.8. The lowest BCUT2D eigenvalue weighted by Gasteiger charge is -2.39. The number of rotatable bonds is 8. The summed E-state index contributed by atoms with van der Waals surface area (Å²) >= 11 is 0. The minimum absolute atomic E-state index is 0.331. The maximum Gasteiger partial charge on any atom is 0.0476 e. The average Bonchev–Trinajstić information content (AvgIpc) is 2.44. The Morgan fingerprint density at radius 3 is 2.19 bits per heavy atom. The summed E-state index contributed by atoms with van der Waals surface area (Å²) in [7, 11) is 0. The number of nitrogens with two attached hydrogens (primary N) is 1. The van der Waals surface area contributed by atoms with Crippen molar-refractivity contribution in [3.05, 3.63) is 34.9 Å². The molecule has 0 aromatic heterocycles. The molecule has 1 rings (SSSR count). The van der Waals surface area contributed by atoms with Gasteiger partial charge in [-0.3, -0.25) is 4.90 Å². The van der Waals surface area contributed by atoms with Crippen LogP contribution in [0.15, 0.2) is 18.2 Å². The van der Waals surface area contributed by atoms with Crippen molar-refractivity contribution in [3.63, 3.8) is 0 Å². The molecule has 0 radical (unpaired) electrons. The number of hydrogen-bond donors (Lipinski definition) is 1. The minimum atomic E-state index is 0.331. The van der Waals surface area contributed by atoms with Crippen LogP contribution in [0.1, 0.15) is 63.3 Å². The van der Waals surface area contributed by atoms with E-state index in [1.807, 2.05) is 0 Å². The molecular formula is C19H34N2. The van der Waals surface area contributed by atoms with Crippen molar-refractivity contribution in [1.82, 2.24) is 4.90 Å². The van der Waals surface area contributed by atoms with Crippen LogP contribution in [-0.4, -0.2) is 24.0 Å². The molecule has 0 spiro atoms. The highest BCUT2D eigenvalue weighted by molar-refractivity contribution is 5.33. The first-order valence-electron chi connectivity index (χ1n) is 8.47. The predicted octanol–water partition coefficient (Wildman–Crippen LogP) is 4.45. The molecule has 0 heterocycles. The molecule has 1 aromatic carbocycles. The Bertz CT molecular complexity index is 422. The third-order valence-corrected chi connectivity index (χ3v) is 4.40. The largest absolute Gasteiger partial charge is 0.329 e. The van der Waals surface area contributed by atoms with Crippen LogP contribution in [0.25, 0.3) is 0 Å². The first-order chi connectivity index (χ1) is 9.94. The van der Waals surface area contributed by atoms with Gasteiger partial charge < -0.3 is 5.73 Å². The van der Waals surface area contributed by atoms with E-state index in [1.54, 1.807) is 0 Å². The minimum Gasteiger partial charge on any atom is -0.329 e. The van der Waals surface area contributed by atoms with E-state index >= 15 is 0 Å². The molecule has 2 N–H and O–H groups in total. The number of hydrogen-bond acceptors (Lipinski definition) is 2. The van der Waals surface area contributed by atoms with Crippen LogP contribution in [0.3, 0.4) is 0 Å². The molecule has 1 unspecified atom stereocenters. The zero-order valence-electron chi connectivity index (χ0n) is 14.8. The van der Waals surface area contributed by atoms with Gasteiger partial charge in [-0.05, 0) is 43.7 Å². The van der Waals surface area contributed by atoms with Crippen LogP contribution in [0, 0.1) is 19.8 Å². The Balaban J connectivity index is 3.19. The predicted molar refractivity (Wildman–Crippen MR) is 93.6 cm³/mol. The molecular weight excluding hydrogens is 256 g/mol. The Morgan fingerprint density at radius 2 is 1.71 bits per heavy atom. The van der Waals surface area contributed by atoms with Gasteiger partial charge >= 0.3 is 0 Å². The molecule has 21 heavy (non-hydrogen) atoms. The smallest absolute Gasteiger partial charge is 0.0476 e. The fourth-order valence-corrected chi connectivity index (χ4v) is 3.27. The summed E-state index contributed by atoms with van der Waals surface area (Å²) in [5.41, 5.74) is 10.3. The molecule has 0 aliphatic heterocycles. The summed E-state index contributed by atoms with van der Waals surface area (Å²) in [4.78, 5) is 2.65. The summed E-state index contributed by atoms with van der Waals surface area (Å²) < 4.78 is 0. The van der Waals surface area contributed by atoms with Crippen LogP contribution in [0.2, 0.25) is 0 Å². The van der Waals surface area contributed by atoms with Crippen molar-refractivity contribution >= 4 is 0 Å². The summed E-state index contributed by atoms with van der Waals surface area (Å²) in [6.45, 7) is 15.3. The molecule has 0 saturated heterocycles. The van der Waals surface area contributed by atoms with E-state index in [0.29, 0.717) is 24.5 Å². The molecule has 2 nitrogen and oxygen atoms in total. The lowest BCUT2D eigenvalue weighted by atomic mass is 9.94. The van der Waals surface area contributed by atoms with Crippen molar-refractivity contribution in [2.75, 3.05) is 13.1 Å². The quantitative estimate of drug-likeness (QED) is 0.766. The van der Waals surface area contributed by atoms with Gasteiger partial charge in [-0.2, -0.15) is 0 Å². The van der Waals surface area contributed by atoms with Gasteiger partial charge in [0, 0.05) is 25.2 Å². The molecule has 0 bridgehead atoms. The molecule has 1 aromatic rings. The van der Waals surface area contributed by atoms with Gasteiger partial charge in [0.1, 0.15) is 0 Å². The number of nitrogens with zero attached hydrogens (tertiary/aromatic N) is 1. The highest BCUT2D eigenvalue weighted by Gasteiger charge is 2.26. The molecule has 0 fully saturated rings. The van der Waals surface area contributed by atoms with Crippen molar-refractivity contribution in [2.45, 2.75) is 66.5 Å². The van der Waals surface area contributed by atoms with Gasteiger partial charge in [-0.15, -0.1) is 0 Å². The maximum absolute atomic E-state index is 6.21. The van der Waals surface area contributed by atoms with E-state index < -0.39 is 0 Å². The van der Waals surface area contributed by atoms with Gasteiger partial charge in [0.2, 0.25) is 0 Å². The molecule has 0 saturated carbocycles. The SMILES string of the molecule is CCC(CC)N(CC(C)C)C(CN)c1cc(C)ccc1C. The fourth-order valence-electron chi connectivity index (χ4n) is 3.27. The molecule has 0 aliphatic rings. The van der Waals surface area contributed by atoms with Gasteiger partial charge in [0.05, 0.1) is 0 Å². The highest BCUT2D eigenvalue weighted by Crippen LogP contribution is 2.28. The summed E-state index contributed by atoms with van der Waals surface area (Å²) in [5, 5.41) is 0. The molecule has 2 heteroatoms. The molecule has 120 valence electrons. The standard InChI is InChI=1S/C19H34N2/c1-7-17(8-2)21(13-14(3)4)19(12-20)18-11-15(5)9-10-16(18)6/h9-11,14,17,19H,7-8,12-13,20H2,1-6H3. The Kier molecular flexibility index (Phi) is 7.41. The monoisotopic (exact) mass is 290 g/mol. The number of benzene rings is 1. The van der Waals surface area contributed by atoms with Crippen LogP contribution in [-0.2, 0) is 0 Å². The van der Waals surface area contributed by atoms with Crippen LogP contribution in [0.4, 0.5) is 0 Å². The maximum atomic E-state index is 6.21. The Labute approximate surface area is 131 Å². The van der Waals surface area contributed by atoms with E-state index in [0.717, 1.165) is 6.54 Å². The van der Waals surface area contributed by atoms with Gasteiger partial charge in [0.15, 0.2) is 0 Å². The third-order valence-electron chi connectivity index (χ3n) is 4.40. The van der Waals surface area contributed by atoms with E-state index in [1.165, 1.54) is 29.5 Å². The lowest BCUT2D eigenvalue weighted by molar-refractivity contribution is 0.112. The first kappa shape index (κ1) is 18.2. The summed E-state index contributed by atoms with van der Waals surface area (Å²) in [6, 6.07) is 7.69.